The lowest BCUT2D eigenvalue weighted by Crippen LogP contribution is -2.02. The first-order valence-corrected chi connectivity index (χ1v) is 7.19. The third-order valence-electron chi connectivity index (χ3n) is 3.60. The smallest absolute Gasteiger partial charge is 0.161 e. The van der Waals surface area contributed by atoms with Crippen molar-refractivity contribution in [2.75, 3.05) is 13.7 Å². The summed E-state index contributed by atoms with van der Waals surface area (Å²) in [6, 6.07) is 13.0. The molecule has 0 aliphatic heterocycles. The van der Waals surface area contributed by atoms with Crippen LogP contribution in [0.1, 0.15) is 24.2 Å². The summed E-state index contributed by atoms with van der Waals surface area (Å²) in [6.45, 7) is 2.45. The zero-order valence-electron chi connectivity index (χ0n) is 12.6. The van der Waals surface area contributed by atoms with Gasteiger partial charge in [0.25, 0.3) is 0 Å². The van der Waals surface area contributed by atoms with Gasteiger partial charge in [-0.3, -0.25) is 0 Å². The van der Waals surface area contributed by atoms with Crippen molar-refractivity contribution in [3.63, 3.8) is 0 Å². The zero-order chi connectivity index (χ0) is 15.5. The highest BCUT2D eigenvalue weighted by atomic mass is 16.5. The first-order valence-electron chi connectivity index (χ1n) is 7.19. The predicted octanol–water partition coefficient (Wildman–Crippen LogP) is 3.92. The van der Waals surface area contributed by atoms with Crippen LogP contribution in [0.25, 0.3) is 11.0 Å². The van der Waals surface area contributed by atoms with Crippen molar-refractivity contribution in [2.45, 2.75) is 13.0 Å². The van der Waals surface area contributed by atoms with Crippen molar-refractivity contribution in [1.29, 1.82) is 0 Å². The molecule has 0 spiro atoms. The Kier molecular flexibility index (Phi) is 4.02. The molecule has 0 saturated carbocycles. The first kappa shape index (κ1) is 14.5. The summed E-state index contributed by atoms with van der Waals surface area (Å²) in [5, 5.41) is 11.6. The van der Waals surface area contributed by atoms with Crippen molar-refractivity contribution >= 4 is 11.0 Å². The Morgan fingerprint density at radius 1 is 1.05 bits per heavy atom. The summed E-state index contributed by atoms with van der Waals surface area (Å²) in [6.07, 6.45) is 0.908. The van der Waals surface area contributed by atoms with E-state index in [9.17, 15) is 5.11 Å². The van der Waals surface area contributed by atoms with Gasteiger partial charge in [0.15, 0.2) is 11.5 Å². The first-order chi connectivity index (χ1) is 10.7. The maximum absolute atomic E-state index is 10.6. The molecule has 0 bridgehead atoms. The lowest BCUT2D eigenvalue weighted by molar-refractivity contribution is 0.219. The zero-order valence-corrected chi connectivity index (χ0v) is 12.6. The lowest BCUT2D eigenvalue weighted by Gasteiger charge is -2.15. The summed E-state index contributed by atoms with van der Waals surface area (Å²) in [5.74, 6) is 1.29. The predicted molar refractivity (Wildman–Crippen MR) is 84.4 cm³/mol. The number of hydrogen-bond acceptors (Lipinski definition) is 4. The minimum atomic E-state index is -0.732. The summed E-state index contributed by atoms with van der Waals surface area (Å²) >= 11 is 0. The fourth-order valence-corrected chi connectivity index (χ4v) is 2.48. The average Bonchev–Trinajstić information content (AvgIpc) is 3.02. The Hall–Kier alpha value is -2.46. The van der Waals surface area contributed by atoms with Gasteiger partial charge in [0, 0.05) is 5.39 Å². The largest absolute Gasteiger partial charge is 0.493 e. The Balaban J connectivity index is 1.96. The number of aliphatic hydroxyl groups is 1. The van der Waals surface area contributed by atoms with Crippen LogP contribution in [0.5, 0.6) is 11.5 Å². The van der Waals surface area contributed by atoms with Crippen molar-refractivity contribution in [2.24, 2.45) is 0 Å². The van der Waals surface area contributed by atoms with E-state index in [1.54, 1.807) is 19.4 Å². The van der Waals surface area contributed by atoms with Crippen molar-refractivity contribution < 1.29 is 19.0 Å². The number of rotatable bonds is 5. The minimum absolute atomic E-state index is 0.539. The lowest BCUT2D eigenvalue weighted by atomic mass is 10.00. The number of aliphatic hydroxyl groups excluding tert-OH is 1. The van der Waals surface area contributed by atoms with Crippen molar-refractivity contribution in [1.82, 2.24) is 0 Å². The molecule has 1 N–H and O–H groups in total. The van der Waals surface area contributed by atoms with Crippen LogP contribution in [-0.4, -0.2) is 18.8 Å². The van der Waals surface area contributed by atoms with E-state index in [-0.39, 0.29) is 0 Å². The average molecular weight is 298 g/mol. The Morgan fingerprint density at radius 2 is 1.82 bits per heavy atom. The molecule has 4 nitrogen and oxygen atoms in total. The van der Waals surface area contributed by atoms with Crippen LogP contribution in [0.15, 0.2) is 53.1 Å². The third kappa shape index (κ3) is 2.65. The highest BCUT2D eigenvalue weighted by Gasteiger charge is 2.14. The minimum Gasteiger partial charge on any atom is -0.493 e. The van der Waals surface area contributed by atoms with E-state index in [0.717, 1.165) is 22.1 Å². The van der Waals surface area contributed by atoms with Crippen LogP contribution in [0, 0.1) is 0 Å². The standard InChI is InChI=1S/C18H18O4/c1-3-21-17-11-14(5-7-16(17)20-2)18(19)13-4-6-15-12(10-13)8-9-22-15/h4-11,18-19H,3H2,1-2H3. The van der Waals surface area contributed by atoms with Crippen LogP contribution in [0.2, 0.25) is 0 Å². The molecule has 3 aromatic rings. The van der Waals surface area contributed by atoms with Crippen LogP contribution in [0.3, 0.4) is 0 Å². The van der Waals surface area contributed by atoms with Crippen molar-refractivity contribution in [3.05, 3.63) is 59.9 Å². The second-order valence-corrected chi connectivity index (χ2v) is 4.96. The molecule has 1 unspecified atom stereocenters. The quantitative estimate of drug-likeness (QED) is 0.775. The van der Waals surface area contributed by atoms with E-state index in [0.29, 0.717) is 18.1 Å². The van der Waals surface area contributed by atoms with Gasteiger partial charge >= 0.3 is 0 Å². The molecule has 4 heteroatoms. The fraction of sp³-hybridized carbons (Fsp3) is 0.222. The molecule has 0 amide bonds. The molecule has 114 valence electrons. The highest BCUT2D eigenvalue weighted by molar-refractivity contribution is 5.78. The van der Waals surface area contributed by atoms with Gasteiger partial charge in [-0.25, -0.2) is 0 Å². The van der Waals surface area contributed by atoms with Crippen LogP contribution < -0.4 is 9.47 Å². The van der Waals surface area contributed by atoms with Gasteiger partial charge in [0.1, 0.15) is 11.7 Å². The molecule has 2 aromatic carbocycles. The topological polar surface area (TPSA) is 51.8 Å². The number of furan rings is 1. The molecule has 0 aliphatic rings. The molecule has 0 radical (unpaired) electrons. The Morgan fingerprint density at radius 3 is 2.59 bits per heavy atom. The number of hydrogen-bond donors (Lipinski definition) is 1. The second-order valence-electron chi connectivity index (χ2n) is 4.96. The van der Waals surface area contributed by atoms with E-state index >= 15 is 0 Å². The van der Waals surface area contributed by atoms with Gasteiger partial charge < -0.3 is 19.0 Å². The molecular weight excluding hydrogens is 280 g/mol. The normalized spacial score (nSPS) is 12.3. The summed E-state index contributed by atoms with van der Waals surface area (Å²) in [7, 11) is 1.60. The van der Waals surface area contributed by atoms with E-state index in [1.165, 1.54) is 0 Å². The summed E-state index contributed by atoms with van der Waals surface area (Å²) in [4.78, 5) is 0. The molecule has 1 aromatic heterocycles. The maximum Gasteiger partial charge on any atom is 0.161 e. The number of methoxy groups -OCH3 is 1. The van der Waals surface area contributed by atoms with E-state index in [1.807, 2.05) is 43.3 Å². The van der Waals surface area contributed by atoms with Gasteiger partial charge in [0.2, 0.25) is 0 Å². The number of fused-ring (bicyclic) bond motifs is 1. The van der Waals surface area contributed by atoms with Gasteiger partial charge in [-0.05, 0) is 48.4 Å². The van der Waals surface area contributed by atoms with E-state index in [4.69, 9.17) is 13.9 Å². The van der Waals surface area contributed by atoms with Crippen LogP contribution in [-0.2, 0) is 0 Å². The maximum atomic E-state index is 10.6. The SMILES string of the molecule is CCOc1cc(C(O)c2ccc3occc3c2)ccc1OC. The Bertz CT molecular complexity index is 776. The number of ether oxygens (including phenoxy) is 2. The summed E-state index contributed by atoms with van der Waals surface area (Å²) < 4.78 is 16.1. The third-order valence-corrected chi connectivity index (χ3v) is 3.60. The molecule has 3 rings (SSSR count). The molecule has 22 heavy (non-hydrogen) atoms. The van der Waals surface area contributed by atoms with E-state index in [2.05, 4.69) is 0 Å². The molecule has 0 aliphatic carbocycles. The van der Waals surface area contributed by atoms with Gasteiger partial charge in [-0.2, -0.15) is 0 Å². The molecule has 0 fully saturated rings. The molecule has 1 heterocycles. The van der Waals surface area contributed by atoms with Gasteiger partial charge in [0.05, 0.1) is 20.0 Å². The summed E-state index contributed by atoms with van der Waals surface area (Å²) in [5.41, 5.74) is 2.37. The molecule has 1 atom stereocenters. The van der Waals surface area contributed by atoms with Crippen LogP contribution in [0.4, 0.5) is 0 Å². The molecule has 0 saturated heterocycles. The van der Waals surface area contributed by atoms with Crippen LogP contribution >= 0.6 is 0 Å². The van der Waals surface area contributed by atoms with Gasteiger partial charge in [-0.15, -0.1) is 0 Å². The second kappa shape index (κ2) is 6.12. The molecular formula is C18H18O4. The van der Waals surface area contributed by atoms with E-state index < -0.39 is 6.10 Å². The Labute approximate surface area is 128 Å². The number of benzene rings is 2. The van der Waals surface area contributed by atoms with Gasteiger partial charge in [-0.1, -0.05) is 12.1 Å². The fourth-order valence-electron chi connectivity index (χ4n) is 2.48. The highest BCUT2D eigenvalue weighted by Crippen LogP contribution is 2.33. The van der Waals surface area contributed by atoms with Crippen molar-refractivity contribution in [3.8, 4) is 11.5 Å². The monoisotopic (exact) mass is 298 g/mol.